The summed E-state index contributed by atoms with van der Waals surface area (Å²) in [5.41, 5.74) is 3.20. The van der Waals surface area contributed by atoms with Crippen LogP contribution in [0.2, 0.25) is 5.15 Å². The Morgan fingerprint density at radius 3 is 2.38 bits per heavy atom. The van der Waals surface area contributed by atoms with Crippen molar-refractivity contribution < 1.29 is 4.42 Å². The van der Waals surface area contributed by atoms with Gasteiger partial charge in [-0.05, 0) is 30.7 Å². The van der Waals surface area contributed by atoms with Crippen molar-refractivity contribution in [3.8, 4) is 11.5 Å². The molecule has 0 fully saturated rings. The quantitative estimate of drug-likeness (QED) is 0.640. The van der Waals surface area contributed by atoms with Crippen molar-refractivity contribution in [1.82, 2.24) is 4.98 Å². The molecule has 2 aromatic carbocycles. The molecular weight excluding hydrogens is 282 g/mol. The van der Waals surface area contributed by atoms with E-state index in [0.29, 0.717) is 16.8 Å². The summed E-state index contributed by atoms with van der Waals surface area (Å²) >= 11 is 6.14. The molecule has 0 aliphatic rings. The summed E-state index contributed by atoms with van der Waals surface area (Å²) in [6, 6.07) is 18.0. The lowest BCUT2D eigenvalue weighted by molar-refractivity contribution is 0.565. The minimum Gasteiger partial charge on any atom is -0.435 e. The second-order valence-electron chi connectivity index (χ2n) is 4.78. The molecule has 21 heavy (non-hydrogen) atoms. The molecule has 0 amide bonds. The van der Waals surface area contributed by atoms with Crippen molar-refractivity contribution in [2.24, 2.45) is 0 Å². The number of aromatic nitrogens is 1. The molecule has 3 aromatic rings. The summed E-state index contributed by atoms with van der Waals surface area (Å²) in [6.45, 7) is 2.04. The lowest BCUT2D eigenvalue weighted by Crippen LogP contribution is -1.77. The molecule has 3 heteroatoms. The van der Waals surface area contributed by atoms with E-state index in [2.05, 4.69) is 4.98 Å². The third kappa shape index (κ3) is 3.23. The molecule has 1 aromatic heterocycles. The fourth-order valence-electron chi connectivity index (χ4n) is 1.97. The number of oxazole rings is 1. The molecule has 0 radical (unpaired) electrons. The van der Waals surface area contributed by atoms with Gasteiger partial charge in [-0.15, -0.1) is 0 Å². The third-order valence-electron chi connectivity index (χ3n) is 3.13. The molecule has 0 unspecified atom stereocenters. The van der Waals surface area contributed by atoms with Gasteiger partial charge in [-0.3, -0.25) is 0 Å². The summed E-state index contributed by atoms with van der Waals surface area (Å²) in [5.74, 6) is 1.10. The van der Waals surface area contributed by atoms with Gasteiger partial charge in [0, 0.05) is 5.56 Å². The van der Waals surface area contributed by atoms with E-state index in [4.69, 9.17) is 16.0 Å². The Kier molecular flexibility index (Phi) is 3.89. The number of aryl methyl sites for hydroxylation is 1. The van der Waals surface area contributed by atoms with E-state index in [9.17, 15) is 0 Å². The zero-order valence-corrected chi connectivity index (χ0v) is 12.3. The number of benzene rings is 2. The van der Waals surface area contributed by atoms with Crippen LogP contribution in [0, 0.1) is 6.92 Å². The Hall–Kier alpha value is -2.32. The first-order chi connectivity index (χ1) is 10.2. The van der Waals surface area contributed by atoms with E-state index >= 15 is 0 Å². The van der Waals surface area contributed by atoms with Crippen LogP contribution in [-0.4, -0.2) is 4.98 Å². The first-order valence-corrected chi connectivity index (χ1v) is 7.07. The van der Waals surface area contributed by atoms with Crippen molar-refractivity contribution >= 4 is 23.8 Å². The highest BCUT2D eigenvalue weighted by atomic mass is 35.5. The largest absolute Gasteiger partial charge is 0.435 e. The summed E-state index contributed by atoms with van der Waals surface area (Å²) in [4.78, 5) is 4.27. The van der Waals surface area contributed by atoms with Gasteiger partial charge in [0.2, 0.25) is 5.89 Å². The van der Waals surface area contributed by atoms with Gasteiger partial charge in [0.1, 0.15) is 0 Å². The molecular formula is C18H14ClNO. The maximum Gasteiger partial charge on any atom is 0.228 e. The van der Waals surface area contributed by atoms with Crippen LogP contribution in [0.5, 0.6) is 0 Å². The summed E-state index contributed by atoms with van der Waals surface area (Å²) in [7, 11) is 0. The van der Waals surface area contributed by atoms with Crippen LogP contribution < -0.4 is 0 Å². The molecule has 2 nitrogen and oxygen atoms in total. The number of nitrogens with zero attached hydrogens (tertiary/aromatic N) is 1. The van der Waals surface area contributed by atoms with Crippen molar-refractivity contribution in [3.63, 3.8) is 0 Å². The highest BCUT2D eigenvalue weighted by Crippen LogP contribution is 2.26. The van der Waals surface area contributed by atoms with Gasteiger partial charge in [-0.25, -0.2) is 0 Å². The Morgan fingerprint density at radius 1 is 0.952 bits per heavy atom. The standard InChI is InChI=1S/C18H14ClNO/c1-13-7-10-15(11-8-13)18-20-17(19)16(21-18)12-9-14-5-3-2-4-6-14/h2-12H,1H3. The van der Waals surface area contributed by atoms with Gasteiger partial charge in [-0.2, -0.15) is 4.98 Å². The van der Waals surface area contributed by atoms with Crippen LogP contribution in [0.25, 0.3) is 23.6 Å². The SMILES string of the molecule is Cc1ccc(-c2nc(Cl)c(C=Cc3ccccc3)o2)cc1. The molecule has 0 saturated carbocycles. The predicted molar refractivity (Wildman–Crippen MR) is 87.1 cm³/mol. The smallest absolute Gasteiger partial charge is 0.228 e. The Bertz CT molecular complexity index is 758. The van der Waals surface area contributed by atoms with Crippen LogP contribution in [0.15, 0.2) is 59.0 Å². The molecule has 0 atom stereocenters. The monoisotopic (exact) mass is 295 g/mol. The van der Waals surface area contributed by atoms with Crippen molar-refractivity contribution in [2.75, 3.05) is 0 Å². The summed E-state index contributed by atoms with van der Waals surface area (Å²) < 4.78 is 5.73. The van der Waals surface area contributed by atoms with E-state index in [-0.39, 0.29) is 0 Å². The Labute approximate surface area is 128 Å². The van der Waals surface area contributed by atoms with Crippen LogP contribution >= 0.6 is 11.6 Å². The Morgan fingerprint density at radius 2 is 1.67 bits per heavy atom. The number of rotatable bonds is 3. The van der Waals surface area contributed by atoms with Gasteiger partial charge >= 0.3 is 0 Å². The first-order valence-electron chi connectivity index (χ1n) is 6.69. The average molecular weight is 296 g/mol. The number of hydrogen-bond donors (Lipinski definition) is 0. The maximum atomic E-state index is 6.14. The van der Waals surface area contributed by atoms with E-state index in [0.717, 1.165) is 11.1 Å². The first kappa shape index (κ1) is 13.7. The van der Waals surface area contributed by atoms with Gasteiger partial charge in [0.25, 0.3) is 0 Å². The lowest BCUT2D eigenvalue weighted by atomic mass is 10.1. The van der Waals surface area contributed by atoms with Crippen molar-refractivity contribution in [2.45, 2.75) is 6.92 Å². The van der Waals surface area contributed by atoms with Gasteiger partial charge in [-0.1, -0.05) is 65.7 Å². The fourth-order valence-corrected chi connectivity index (χ4v) is 2.15. The van der Waals surface area contributed by atoms with Crippen LogP contribution in [0.3, 0.4) is 0 Å². The molecule has 3 rings (SSSR count). The van der Waals surface area contributed by atoms with Crippen molar-refractivity contribution in [3.05, 3.63) is 76.6 Å². The van der Waals surface area contributed by atoms with E-state index in [1.54, 1.807) is 0 Å². The highest BCUT2D eigenvalue weighted by molar-refractivity contribution is 6.30. The van der Waals surface area contributed by atoms with Crippen LogP contribution in [0.1, 0.15) is 16.9 Å². The molecule has 104 valence electrons. The molecule has 0 aliphatic carbocycles. The summed E-state index contributed by atoms with van der Waals surface area (Å²) in [6.07, 6.45) is 3.79. The molecule has 0 aliphatic heterocycles. The zero-order chi connectivity index (χ0) is 14.7. The van der Waals surface area contributed by atoms with Crippen LogP contribution in [-0.2, 0) is 0 Å². The molecule has 0 saturated heterocycles. The number of halogens is 1. The van der Waals surface area contributed by atoms with E-state index < -0.39 is 0 Å². The van der Waals surface area contributed by atoms with Crippen molar-refractivity contribution in [1.29, 1.82) is 0 Å². The predicted octanol–water partition coefficient (Wildman–Crippen LogP) is 5.47. The molecule has 0 bridgehead atoms. The lowest BCUT2D eigenvalue weighted by Gasteiger charge is -1.95. The minimum atomic E-state index is 0.373. The topological polar surface area (TPSA) is 26.0 Å². The Balaban J connectivity index is 1.88. The second-order valence-corrected chi connectivity index (χ2v) is 5.14. The molecule has 0 spiro atoms. The fraction of sp³-hybridized carbons (Fsp3) is 0.0556. The molecule has 0 N–H and O–H groups in total. The molecule has 1 heterocycles. The average Bonchev–Trinajstić information content (AvgIpc) is 2.88. The summed E-state index contributed by atoms with van der Waals surface area (Å²) in [5, 5.41) is 0.373. The van der Waals surface area contributed by atoms with Gasteiger partial charge < -0.3 is 4.42 Å². The normalized spacial score (nSPS) is 11.1. The van der Waals surface area contributed by atoms with Gasteiger partial charge in [0.15, 0.2) is 10.9 Å². The minimum absolute atomic E-state index is 0.373. The zero-order valence-electron chi connectivity index (χ0n) is 11.6. The highest BCUT2D eigenvalue weighted by Gasteiger charge is 2.10. The second kappa shape index (κ2) is 5.98. The van der Waals surface area contributed by atoms with E-state index in [1.165, 1.54) is 5.56 Å². The number of hydrogen-bond acceptors (Lipinski definition) is 2. The van der Waals surface area contributed by atoms with Crippen LogP contribution in [0.4, 0.5) is 0 Å². The third-order valence-corrected chi connectivity index (χ3v) is 3.41. The maximum absolute atomic E-state index is 6.14. The van der Waals surface area contributed by atoms with Gasteiger partial charge in [0.05, 0.1) is 0 Å². The van der Waals surface area contributed by atoms with E-state index in [1.807, 2.05) is 73.7 Å².